The van der Waals surface area contributed by atoms with E-state index in [1.54, 1.807) is 0 Å². The third-order valence-electron chi connectivity index (χ3n) is 2.14. The van der Waals surface area contributed by atoms with Gasteiger partial charge in [0, 0.05) is 19.1 Å². The molecule has 13 heavy (non-hydrogen) atoms. The molecule has 0 aliphatic heterocycles. The first-order chi connectivity index (χ1) is 5.99. The van der Waals surface area contributed by atoms with E-state index in [0.717, 1.165) is 0 Å². The standard InChI is InChI=1S/C8H15F3N2/c1-13(7-2-3-7)5-4-12-6-8(9,10)11/h7,12H,2-6H2,1H3. The van der Waals surface area contributed by atoms with Gasteiger partial charge in [-0.15, -0.1) is 0 Å². The van der Waals surface area contributed by atoms with Crippen molar-refractivity contribution >= 4 is 0 Å². The third-order valence-corrected chi connectivity index (χ3v) is 2.14. The van der Waals surface area contributed by atoms with Gasteiger partial charge >= 0.3 is 6.18 Å². The number of halogens is 3. The summed E-state index contributed by atoms with van der Waals surface area (Å²) < 4.78 is 35.0. The first-order valence-electron chi connectivity index (χ1n) is 4.47. The molecule has 1 aliphatic carbocycles. The molecule has 78 valence electrons. The van der Waals surface area contributed by atoms with E-state index >= 15 is 0 Å². The fraction of sp³-hybridized carbons (Fsp3) is 1.00. The van der Waals surface area contributed by atoms with Crippen molar-refractivity contribution in [2.75, 3.05) is 26.7 Å². The number of nitrogens with one attached hydrogen (secondary N) is 1. The average Bonchev–Trinajstić information content (AvgIpc) is 2.77. The Kier molecular flexibility index (Phi) is 3.55. The van der Waals surface area contributed by atoms with Crippen molar-refractivity contribution in [3.05, 3.63) is 0 Å². The fourth-order valence-corrected chi connectivity index (χ4v) is 1.18. The first-order valence-corrected chi connectivity index (χ1v) is 4.47. The summed E-state index contributed by atoms with van der Waals surface area (Å²) in [7, 11) is 1.95. The minimum atomic E-state index is -4.09. The van der Waals surface area contributed by atoms with Gasteiger partial charge in [-0.2, -0.15) is 13.2 Å². The van der Waals surface area contributed by atoms with E-state index in [9.17, 15) is 13.2 Å². The number of alkyl halides is 3. The zero-order valence-electron chi connectivity index (χ0n) is 7.69. The lowest BCUT2D eigenvalue weighted by Gasteiger charge is -2.16. The van der Waals surface area contributed by atoms with Gasteiger partial charge in [-0.3, -0.25) is 0 Å². The Morgan fingerprint density at radius 1 is 1.38 bits per heavy atom. The van der Waals surface area contributed by atoms with Gasteiger partial charge in [-0.25, -0.2) is 0 Å². The highest BCUT2D eigenvalue weighted by atomic mass is 19.4. The maximum atomic E-state index is 11.7. The van der Waals surface area contributed by atoms with E-state index in [4.69, 9.17) is 0 Å². The lowest BCUT2D eigenvalue weighted by molar-refractivity contribution is -0.124. The summed E-state index contributed by atoms with van der Waals surface area (Å²) in [6.45, 7) is 0.221. The van der Waals surface area contributed by atoms with Crippen molar-refractivity contribution < 1.29 is 13.2 Å². The van der Waals surface area contributed by atoms with Crippen LogP contribution in [0.5, 0.6) is 0 Å². The monoisotopic (exact) mass is 196 g/mol. The van der Waals surface area contributed by atoms with Crippen molar-refractivity contribution in [3.63, 3.8) is 0 Å². The molecular weight excluding hydrogens is 181 g/mol. The second-order valence-corrected chi connectivity index (χ2v) is 3.50. The van der Waals surface area contributed by atoms with Gasteiger partial charge in [0.2, 0.25) is 0 Å². The number of rotatable bonds is 5. The van der Waals surface area contributed by atoms with Crippen LogP contribution in [0.3, 0.4) is 0 Å². The highest BCUT2D eigenvalue weighted by Crippen LogP contribution is 2.24. The number of nitrogens with zero attached hydrogens (tertiary/aromatic N) is 1. The summed E-state index contributed by atoms with van der Waals surface area (Å²) in [5.74, 6) is 0. The van der Waals surface area contributed by atoms with Gasteiger partial charge in [0.25, 0.3) is 0 Å². The van der Waals surface area contributed by atoms with E-state index in [1.165, 1.54) is 12.8 Å². The van der Waals surface area contributed by atoms with Crippen molar-refractivity contribution in [3.8, 4) is 0 Å². The molecule has 5 heteroatoms. The minimum absolute atomic E-state index is 0.409. The molecule has 0 bridgehead atoms. The second kappa shape index (κ2) is 4.28. The van der Waals surface area contributed by atoms with Gasteiger partial charge in [0.05, 0.1) is 6.54 Å². The molecule has 1 N–H and O–H groups in total. The number of hydrogen-bond donors (Lipinski definition) is 1. The average molecular weight is 196 g/mol. The van der Waals surface area contributed by atoms with E-state index < -0.39 is 12.7 Å². The summed E-state index contributed by atoms with van der Waals surface area (Å²) in [6, 6.07) is 0.618. The molecule has 2 nitrogen and oxygen atoms in total. The maximum absolute atomic E-state index is 11.7. The lowest BCUT2D eigenvalue weighted by atomic mass is 10.5. The van der Waals surface area contributed by atoms with Crippen LogP contribution in [0, 0.1) is 0 Å². The molecule has 0 spiro atoms. The number of likely N-dealkylation sites (N-methyl/N-ethyl adjacent to an activating group) is 1. The largest absolute Gasteiger partial charge is 0.401 e. The molecule has 1 fully saturated rings. The summed E-state index contributed by atoms with van der Waals surface area (Å²) in [4.78, 5) is 2.10. The topological polar surface area (TPSA) is 15.3 Å². The predicted octanol–water partition coefficient (Wildman–Crippen LogP) is 1.23. The Balaban J connectivity index is 1.94. The molecule has 0 aromatic heterocycles. The van der Waals surface area contributed by atoms with E-state index in [-0.39, 0.29) is 0 Å². The molecule has 0 heterocycles. The van der Waals surface area contributed by atoms with E-state index in [0.29, 0.717) is 19.1 Å². The first kappa shape index (κ1) is 10.8. The molecule has 0 amide bonds. The molecule has 0 aromatic rings. The molecule has 1 rings (SSSR count). The predicted molar refractivity (Wildman–Crippen MR) is 44.6 cm³/mol. The maximum Gasteiger partial charge on any atom is 0.401 e. The van der Waals surface area contributed by atoms with Crippen LogP contribution in [0.15, 0.2) is 0 Å². The van der Waals surface area contributed by atoms with Crippen LogP contribution in [0.25, 0.3) is 0 Å². The van der Waals surface area contributed by atoms with E-state index in [2.05, 4.69) is 10.2 Å². The fourth-order valence-electron chi connectivity index (χ4n) is 1.18. The summed E-state index contributed by atoms with van der Waals surface area (Å²) in [5.41, 5.74) is 0. The smallest absolute Gasteiger partial charge is 0.307 e. The molecule has 0 atom stereocenters. The molecule has 0 aromatic carbocycles. The van der Waals surface area contributed by atoms with Crippen molar-refractivity contribution in [1.82, 2.24) is 10.2 Å². The Morgan fingerprint density at radius 3 is 2.46 bits per heavy atom. The van der Waals surface area contributed by atoms with Crippen LogP contribution in [-0.2, 0) is 0 Å². The zero-order chi connectivity index (χ0) is 9.90. The van der Waals surface area contributed by atoms with Crippen LogP contribution in [0.2, 0.25) is 0 Å². The molecule has 0 saturated heterocycles. The van der Waals surface area contributed by atoms with E-state index in [1.807, 2.05) is 7.05 Å². The van der Waals surface area contributed by atoms with Crippen LogP contribution in [0.1, 0.15) is 12.8 Å². The van der Waals surface area contributed by atoms with Gasteiger partial charge in [0.15, 0.2) is 0 Å². The molecule has 1 saturated carbocycles. The molecule has 0 unspecified atom stereocenters. The second-order valence-electron chi connectivity index (χ2n) is 3.50. The Bertz CT molecular complexity index is 154. The van der Waals surface area contributed by atoms with Crippen molar-refractivity contribution in [1.29, 1.82) is 0 Å². The minimum Gasteiger partial charge on any atom is -0.307 e. The third kappa shape index (κ3) is 5.10. The lowest BCUT2D eigenvalue weighted by Crippen LogP contribution is -2.35. The zero-order valence-corrected chi connectivity index (χ0v) is 7.69. The highest BCUT2D eigenvalue weighted by molar-refractivity contribution is 4.82. The van der Waals surface area contributed by atoms with Crippen LogP contribution >= 0.6 is 0 Å². The Hall–Kier alpha value is -0.290. The quantitative estimate of drug-likeness (QED) is 0.665. The van der Waals surface area contributed by atoms with Crippen LogP contribution < -0.4 is 5.32 Å². The highest BCUT2D eigenvalue weighted by Gasteiger charge is 2.27. The van der Waals surface area contributed by atoms with Crippen molar-refractivity contribution in [2.45, 2.75) is 25.1 Å². The summed E-state index contributed by atoms with van der Waals surface area (Å²) in [6.07, 6.45) is -1.70. The Labute approximate surface area is 76.1 Å². The van der Waals surface area contributed by atoms with Gasteiger partial charge in [-0.1, -0.05) is 0 Å². The Morgan fingerprint density at radius 2 is 2.00 bits per heavy atom. The van der Waals surface area contributed by atoms with Gasteiger partial charge < -0.3 is 10.2 Å². The molecular formula is C8H15F3N2. The van der Waals surface area contributed by atoms with Crippen LogP contribution in [-0.4, -0.2) is 43.8 Å². The van der Waals surface area contributed by atoms with Gasteiger partial charge in [-0.05, 0) is 19.9 Å². The normalized spacial score (nSPS) is 18.2. The van der Waals surface area contributed by atoms with Crippen LogP contribution in [0.4, 0.5) is 13.2 Å². The SMILES string of the molecule is CN(CCNCC(F)(F)F)C1CC1. The molecule has 0 radical (unpaired) electrons. The van der Waals surface area contributed by atoms with Crippen molar-refractivity contribution in [2.24, 2.45) is 0 Å². The number of hydrogen-bond acceptors (Lipinski definition) is 2. The molecule has 1 aliphatic rings. The summed E-state index contributed by atoms with van der Waals surface area (Å²) >= 11 is 0. The summed E-state index contributed by atoms with van der Waals surface area (Å²) in [5, 5.41) is 2.37. The van der Waals surface area contributed by atoms with Gasteiger partial charge in [0.1, 0.15) is 0 Å².